The molecule has 27 heavy (non-hydrogen) atoms. The van der Waals surface area contributed by atoms with Gasteiger partial charge in [0.05, 0.1) is 5.69 Å². The Balaban J connectivity index is 1.73. The fraction of sp³-hybridized carbons (Fsp3) is 0.105. The third kappa shape index (κ3) is 4.42. The summed E-state index contributed by atoms with van der Waals surface area (Å²) in [5.74, 6) is -3.12. The van der Waals surface area contributed by atoms with Crippen LogP contribution in [0.3, 0.4) is 0 Å². The van der Waals surface area contributed by atoms with Crippen LogP contribution >= 0.6 is 11.3 Å². The number of primary amides is 1. The van der Waals surface area contributed by atoms with Crippen molar-refractivity contribution in [1.82, 2.24) is 4.98 Å². The lowest BCUT2D eigenvalue weighted by molar-refractivity contribution is -0.130. The summed E-state index contributed by atoms with van der Waals surface area (Å²) in [4.78, 5) is 28.6. The topological polar surface area (TPSA) is 126 Å². The second kappa shape index (κ2) is 7.88. The van der Waals surface area contributed by atoms with Gasteiger partial charge in [0, 0.05) is 10.9 Å². The van der Waals surface area contributed by atoms with Crippen molar-refractivity contribution in [2.75, 3.05) is 5.32 Å². The molecule has 8 heteroatoms. The molecular formula is C19H17N3O4S. The number of anilines is 1. The van der Waals surface area contributed by atoms with E-state index in [4.69, 9.17) is 5.73 Å². The second-order valence-corrected chi connectivity index (χ2v) is 6.73. The van der Waals surface area contributed by atoms with E-state index in [9.17, 15) is 19.8 Å². The zero-order chi connectivity index (χ0) is 19.4. The highest BCUT2D eigenvalue weighted by atomic mass is 32.1. The number of phenolic OH excluding ortho intramolecular Hbond substituents is 2. The number of aromatic hydroxyl groups is 2. The zero-order valence-corrected chi connectivity index (χ0v) is 14.9. The highest BCUT2D eigenvalue weighted by Gasteiger charge is 2.26. The highest BCUT2D eigenvalue weighted by molar-refractivity contribution is 7.14. The van der Waals surface area contributed by atoms with Gasteiger partial charge in [0.15, 0.2) is 16.6 Å². The molecule has 3 aromatic rings. The molecule has 0 saturated heterocycles. The number of aromatic nitrogens is 1. The molecular weight excluding hydrogens is 366 g/mol. The number of benzene rings is 2. The van der Waals surface area contributed by atoms with Crippen LogP contribution in [0.4, 0.5) is 5.13 Å². The monoisotopic (exact) mass is 383 g/mol. The van der Waals surface area contributed by atoms with Gasteiger partial charge in [-0.15, -0.1) is 11.3 Å². The van der Waals surface area contributed by atoms with E-state index in [-0.39, 0.29) is 17.9 Å². The largest absolute Gasteiger partial charge is 0.504 e. The Morgan fingerprint density at radius 3 is 2.52 bits per heavy atom. The van der Waals surface area contributed by atoms with Gasteiger partial charge in [0.25, 0.3) is 0 Å². The molecule has 0 saturated carbocycles. The number of nitrogens with two attached hydrogens (primary N) is 1. The summed E-state index contributed by atoms with van der Waals surface area (Å²) < 4.78 is 0. The van der Waals surface area contributed by atoms with E-state index in [1.165, 1.54) is 29.5 Å². The quantitative estimate of drug-likeness (QED) is 0.384. The van der Waals surface area contributed by atoms with Crippen LogP contribution in [0.1, 0.15) is 5.56 Å². The van der Waals surface area contributed by atoms with Gasteiger partial charge < -0.3 is 21.3 Å². The lowest BCUT2D eigenvalue weighted by Crippen LogP contribution is -2.36. The zero-order valence-electron chi connectivity index (χ0n) is 14.1. The maximum absolute atomic E-state index is 12.5. The standard InChI is InChI=1S/C19H17N3O4S/c20-17(25)13(8-11-6-7-15(23)16(24)9-11)18(26)22-19-21-14(10-27-19)12-4-2-1-3-5-12/h1-7,9-10,13,23-24H,8H2,(H2,20,25)(H,21,22,26). The number of amides is 2. The molecule has 0 spiro atoms. The van der Waals surface area contributed by atoms with Gasteiger partial charge in [-0.3, -0.25) is 9.59 Å². The average Bonchev–Trinajstić information content (AvgIpc) is 3.11. The Morgan fingerprint density at radius 2 is 1.85 bits per heavy atom. The Kier molecular flexibility index (Phi) is 5.37. The summed E-state index contributed by atoms with van der Waals surface area (Å²) in [5, 5.41) is 23.7. The van der Waals surface area contributed by atoms with Crippen LogP contribution in [0, 0.1) is 5.92 Å². The molecule has 7 nitrogen and oxygen atoms in total. The van der Waals surface area contributed by atoms with E-state index in [1.54, 1.807) is 0 Å². The number of phenols is 2. The van der Waals surface area contributed by atoms with Crippen molar-refractivity contribution >= 4 is 28.3 Å². The summed E-state index contributed by atoms with van der Waals surface area (Å²) in [6, 6.07) is 13.6. The second-order valence-electron chi connectivity index (χ2n) is 5.88. The van der Waals surface area contributed by atoms with Crippen molar-refractivity contribution in [3.05, 3.63) is 59.5 Å². The molecule has 5 N–H and O–H groups in total. The van der Waals surface area contributed by atoms with Crippen LogP contribution in [0.5, 0.6) is 11.5 Å². The first kappa shape index (κ1) is 18.4. The van der Waals surface area contributed by atoms with E-state index in [2.05, 4.69) is 10.3 Å². The van der Waals surface area contributed by atoms with Crippen molar-refractivity contribution in [3.8, 4) is 22.8 Å². The molecule has 1 unspecified atom stereocenters. The Labute approximate surface area is 159 Å². The average molecular weight is 383 g/mol. The summed E-state index contributed by atoms with van der Waals surface area (Å²) >= 11 is 1.24. The van der Waals surface area contributed by atoms with E-state index < -0.39 is 17.7 Å². The van der Waals surface area contributed by atoms with Gasteiger partial charge in [-0.2, -0.15) is 0 Å². The van der Waals surface area contributed by atoms with Crippen LogP contribution in [0.2, 0.25) is 0 Å². The molecule has 0 aliphatic carbocycles. The van der Waals surface area contributed by atoms with Gasteiger partial charge in [-0.25, -0.2) is 4.98 Å². The Morgan fingerprint density at radius 1 is 1.11 bits per heavy atom. The SMILES string of the molecule is NC(=O)C(Cc1ccc(O)c(O)c1)C(=O)Nc1nc(-c2ccccc2)cs1. The van der Waals surface area contributed by atoms with Crippen molar-refractivity contribution in [1.29, 1.82) is 0 Å². The number of nitrogens with zero attached hydrogens (tertiary/aromatic N) is 1. The van der Waals surface area contributed by atoms with Crippen LogP contribution in [-0.4, -0.2) is 27.0 Å². The van der Waals surface area contributed by atoms with E-state index in [0.29, 0.717) is 10.7 Å². The van der Waals surface area contributed by atoms with E-state index in [1.807, 2.05) is 35.7 Å². The van der Waals surface area contributed by atoms with Gasteiger partial charge in [0.1, 0.15) is 5.92 Å². The first-order valence-electron chi connectivity index (χ1n) is 8.06. The lowest BCUT2D eigenvalue weighted by atomic mass is 9.97. The van der Waals surface area contributed by atoms with Crippen LogP contribution < -0.4 is 11.1 Å². The number of nitrogens with one attached hydrogen (secondary N) is 1. The minimum atomic E-state index is -1.14. The van der Waals surface area contributed by atoms with Crippen LogP contribution in [0.25, 0.3) is 11.3 Å². The lowest BCUT2D eigenvalue weighted by Gasteiger charge is -2.13. The van der Waals surface area contributed by atoms with Crippen molar-refractivity contribution in [2.24, 2.45) is 11.7 Å². The van der Waals surface area contributed by atoms with Crippen LogP contribution in [0.15, 0.2) is 53.9 Å². The molecule has 1 atom stereocenters. The van der Waals surface area contributed by atoms with Gasteiger partial charge in [-0.05, 0) is 24.1 Å². The van der Waals surface area contributed by atoms with Crippen LogP contribution in [-0.2, 0) is 16.0 Å². The van der Waals surface area contributed by atoms with E-state index in [0.717, 1.165) is 11.3 Å². The molecule has 2 amide bonds. The van der Waals surface area contributed by atoms with E-state index >= 15 is 0 Å². The number of thiazole rings is 1. The number of carbonyl (C=O) groups excluding carboxylic acids is 2. The van der Waals surface area contributed by atoms with Gasteiger partial charge >= 0.3 is 0 Å². The smallest absolute Gasteiger partial charge is 0.239 e. The summed E-state index contributed by atoms with van der Waals surface area (Å²) in [5.41, 5.74) is 7.50. The fourth-order valence-electron chi connectivity index (χ4n) is 2.52. The third-order valence-corrected chi connectivity index (χ3v) is 4.70. The minimum absolute atomic E-state index is 0.00801. The Hall–Kier alpha value is -3.39. The molecule has 3 rings (SSSR count). The predicted molar refractivity (Wildman–Crippen MR) is 102 cm³/mol. The predicted octanol–water partition coefficient (Wildman–Crippen LogP) is 2.50. The Bertz CT molecular complexity index is 972. The molecule has 2 aromatic carbocycles. The number of hydrogen-bond donors (Lipinski definition) is 4. The molecule has 138 valence electrons. The number of hydrogen-bond acceptors (Lipinski definition) is 6. The first-order valence-corrected chi connectivity index (χ1v) is 8.94. The van der Waals surface area contributed by atoms with Crippen molar-refractivity contribution < 1.29 is 19.8 Å². The van der Waals surface area contributed by atoms with Crippen molar-refractivity contribution in [2.45, 2.75) is 6.42 Å². The molecule has 0 aliphatic heterocycles. The highest BCUT2D eigenvalue weighted by Crippen LogP contribution is 2.27. The van der Waals surface area contributed by atoms with Crippen molar-refractivity contribution in [3.63, 3.8) is 0 Å². The number of rotatable bonds is 6. The normalized spacial score (nSPS) is 11.7. The number of carbonyl (C=O) groups is 2. The molecule has 0 fully saturated rings. The summed E-state index contributed by atoms with van der Waals surface area (Å²) in [7, 11) is 0. The van der Waals surface area contributed by atoms with Gasteiger partial charge in [0.2, 0.25) is 11.8 Å². The molecule has 1 heterocycles. The minimum Gasteiger partial charge on any atom is -0.504 e. The molecule has 1 aromatic heterocycles. The maximum atomic E-state index is 12.5. The van der Waals surface area contributed by atoms with Gasteiger partial charge in [-0.1, -0.05) is 36.4 Å². The third-order valence-electron chi connectivity index (χ3n) is 3.94. The first-order chi connectivity index (χ1) is 12.9. The summed E-state index contributed by atoms with van der Waals surface area (Å²) in [6.07, 6.45) is -0.00801. The fourth-order valence-corrected chi connectivity index (χ4v) is 3.24. The molecule has 0 aliphatic rings. The molecule has 0 radical (unpaired) electrons. The molecule has 0 bridgehead atoms. The maximum Gasteiger partial charge on any atom is 0.239 e. The summed E-state index contributed by atoms with van der Waals surface area (Å²) in [6.45, 7) is 0.